The minimum absolute atomic E-state index is 0.144. The smallest absolute Gasteiger partial charge is 0.241 e. The van der Waals surface area contributed by atoms with E-state index in [1.165, 1.54) is 34.9 Å². The van der Waals surface area contributed by atoms with Gasteiger partial charge in [0, 0.05) is 16.8 Å². The monoisotopic (exact) mass is 315 g/mol. The van der Waals surface area contributed by atoms with Crippen LogP contribution >= 0.6 is 11.3 Å². The molecule has 0 atom stereocenters. The van der Waals surface area contributed by atoms with Gasteiger partial charge in [0.2, 0.25) is 10.0 Å². The second kappa shape index (κ2) is 6.45. The van der Waals surface area contributed by atoms with Gasteiger partial charge >= 0.3 is 0 Å². The molecule has 1 aromatic carbocycles. The molecule has 2 N–H and O–H groups in total. The second-order valence-electron chi connectivity index (χ2n) is 4.18. The van der Waals surface area contributed by atoms with Crippen molar-refractivity contribution >= 4 is 21.4 Å². The number of benzene rings is 1. The Bertz CT molecular complexity index is 682. The van der Waals surface area contributed by atoms with E-state index in [9.17, 15) is 12.8 Å². The van der Waals surface area contributed by atoms with Gasteiger partial charge in [-0.15, -0.1) is 11.3 Å². The Kier molecular flexibility index (Phi) is 4.87. The summed E-state index contributed by atoms with van der Waals surface area (Å²) in [7, 11) is -3.57. The molecule has 108 valence electrons. The minimum Gasteiger partial charge on any atom is -0.391 e. The van der Waals surface area contributed by atoms with Gasteiger partial charge in [0.15, 0.2) is 0 Å². The molecule has 1 heterocycles. The normalized spacial score (nSPS) is 11.7. The topological polar surface area (TPSA) is 66.4 Å². The zero-order chi connectivity index (χ0) is 14.6. The van der Waals surface area contributed by atoms with Crippen molar-refractivity contribution in [2.45, 2.75) is 17.9 Å². The van der Waals surface area contributed by atoms with E-state index < -0.39 is 10.0 Å². The predicted molar refractivity (Wildman–Crippen MR) is 75.5 cm³/mol. The standard InChI is InChI=1S/C13H14FNO3S2/c14-11-3-1-2-10(6-11)4-5-15-20(17,18)13-7-12(8-16)19-9-13/h1-3,6-7,9,15-16H,4-5,8H2. The molecule has 0 spiro atoms. The summed E-state index contributed by atoms with van der Waals surface area (Å²) in [6.07, 6.45) is 0.411. The summed E-state index contributed by atoms with van der Waals surface area (Å²) in [4.78, 5) is 0.737. The average Bonchev–Trinajstić information content (AvgIpc) is 2.88. The van der Waals surface area contributed by atoms with Gasteiger partial charge in [-0.05, 0) is 30.2 Å². The Morgan fingerprint density at radius 2 is 2.10 bits per heavy atom. The van der Waals surface area contributed by atoms with Crippen LogP contribution in [-0.4, -0.2) is 20.1 Å². The molecule has 0 fully saturated rings. The summed E-state index contributed by atoms with van der Waals surface area (Å²) in [5.74, 6) is -0.337. The summed E-state index contributed by atoms with van der Waals surface area (Å²) >= 11 is 1.19. The first-order valence-corrected chi connectivity index (χ1v) is 8.30. The molecule has 7 heteroatoms. The zero-order valence-electron chi connectivity index (χ0n) is 10.5. The van der Waals surface area contributed by atoms with Crippen LogP contribution in [0.2, 0.25) is 0 Å². The van der Waals surface area contributed by atoms with E-state index in [1.807, 2.05) is 0 Å². The number of thiophene rings is 1. The highest BCUT2D eigenvalue weighted by atomic mass is 32.2. The number of nitrogens with one attached hydrogen (secondary N) is 1. The highest BCUT2D eigenvalue weighted by Gasteiger charge is 2.15. The summed E-state index contributed by atoms with van der Waals surface area (Å²) in [6.45, 7) is 0.0135. The maximum absolute atomic E-state index is 13.0. The highest BCUT2D eigenvalue weighted by molar-refractivity contribution is 7.89. The average molecular weight is 315 g/mol. The van der Waals surface area contributed by atoms with E-state index in [1.54, 1.807) is 12.1 Å². The van der Waals surface area contributed by atoms with Crippen molar-refractivity contribution in [2.24, 2.45) is 0 Å². The van der Waals surface area contributed by atoms with E-state index in [0.29, 0.717) is 11.3 Å². The van der Waals surface area contributed by atoms with Crippen LogP contribution in [0.3, 0.4) is 0 Å². The quantitative estimate of drug-likeness (QED) is 0.855. The van der Waals surface area contributed by atoms with Crippen LogP contribution < -0.4 is 4.72 Å². The summed E-state index contributed by atoms with van der Waals surface area (Å²) in [5.41, 5.74) is 0.731. The van der Waals surface area contributed by atoms with E-state index in [2.05, 4.69) is 4.72 Å². The van der Waals surface area contributed by atoms with Crippen LogP contribution in [0.5, 0.6) is 0 Å². The number of aliphatic hydroxyl groups excluding tert-OH is 1. The summed E-state index contributed by atoms with van der Waals surface area (Å²) < 4.78 is 39.3. The molecule has 2 aromatic rings. The van der Waals surface area contributed by atoms with Crippen molar-refractivity contribution < 1.29 is 17.9 Å². The summed E-state index contributed by atoms with van der Waals surface area (Å²) in [6, 6.07) is 7.49. The van der Waals surface area contributed by atoms with Crippen LogP contribution in [0, 0.1) is 5.82 Å². The molecule has 0 saturated heterocycles. The van der Waals surface area contributed by atoms with Crippen molar-refractivity contribution in [2.75, 3.05) is 6.54 Å². The Morgan fingerprint density at radius 3 is 2.75 bits per heavy atom. The van der Waals surface area contributed by atoms with Crippen molar-refractivity contribution in [1.29, 1.82) is 0 Å². The lowest BCUT2D eigenvalue weighted by Crippen LogP contribution is -2.25. The fraction of sp³-hybridized carbons (Fsp3) is 0.231. The number of halogens is 1. The molecule has 0 amide bonds. The maximum Gasteiger partial charge on any atom is 0.241 e. The molecule has 1 aromatic heterocycles. The van der Waals surface area contributed by atoms with Crippen molar-refractivity contribution in [3.63, 3.8) is 0 Å². The SMILES string of the molecule is O=S(=O)(NCCc1cccc(F)c1)c1csc(CO)c1. The first kappa shape index (κ1) is 15.1. The fourth-order valence-electron chi connectivity index (χ4n) is 1.69. The van der Waals surface area contributed by atoms with E-state index >= 15 is 0 Å². The third kappa shape index (κ3) is 3.86. The molecular formula is C13H14FNO3S2. The van der Waals surface area contributed by atoms with Gasteiger partial charge < -0.3 is 5.11 Å². The van der Waals surface area contributed by atoms with Crippen LogP contribution in [0.4, 0.5) is 4.39 Å². The van der Waals surface area contributed by atoms with Crippen LogP contribution in [0.1, 0.15) is 10.4 Å². The molecule has 0 bridgehead atoms. The largest absolute Gasteiger partial charge is 0.391 e. The molecular weight excluding hydrogens is 301 g/mol. The van der Waals surface area contributed by atoms with Gasteiger partial charge in [0.05, 0.1) is 11.5 Å². The lowest BCUT2D eigenvalue weighted by molar-refractivity contribution is 0.285. The predicted octanol–water partition coefficient (Wildman–Crippen LogP) is 1.90. The number of rotatable bonds is 6. The number of sulfonamides is 1. The van der Waals surface area contributed by atoms with Crippen LogP contribution in [0.15, 0.2) is 40.6 Å². The molecule has 0 saturated carbocycles. The van der Waals surface area contributed by atoms with Crippen molar-refractivity contribution in [1.82, 2.24) is 4.72 Å². The highest BCUT2D eigenvalue weighted by Crippen LogP contribution is 2.18. The van der Waals surface area contributed by atoms with Gasteiger partial charge in [0.1, 0.15) is 5.82 Å². The van der Waals surface area contributed by atoms with Crippen molar-refractivity contribution in [3.05, 3.63) is 52.0 Å². The summed E-state index contributed by atoms with van der Waals surface area (Å²) in [5, 5.41) is 10.4. The van der Waals surface area contributed by atoms with Gasteiger partial charge in [-0.2, -0.15) is 0 Å². The first-order valence-electron chi connectivity index (χ1n) is 5.93. The van der Waals surface area contributed by atoms with E-state index in [4.69, 9.17) is 5.11 Å². The van der Waals surface area contributed by atoms with Gasteiger partial charge in [0.25, 0.3) is 0 Å². The number of hydrogen-bond donors (Lipinski definition) is 2. The Hall–Kier alpha value is -1.28. The van der Waals surface area contributed by atoms with Gasteiger partial charge in [-0.3, -0.25) is 0 Å². The van der Waals surface area contributed by atoms with E-state index in [-0.39, 0.29) is 23.9 Å². The lowest BCUT2D eigenvalue weighted by atomic mass is 10.1. The molecule has 0 aliphatic carbocycles. The lowest BCUT2D eigenvalue weighted by Gasteiger charge is -2.05. The Morgan fingerprint density at radius 1 is 1.30 bits per heavy atom. The van der Waals surface area contributed by atoms with Crippen molar-refractivity contribution in [3.8, 4) is 0 Å². The zero-order valence-corrected chi connectivity index (χ0v) is 12.2. The molecule has 0 unspecified atom stereocenters. The van der Waals surface area contributed by atoms with Gasteiger partial charge in [-0.25, -0.2) is 17.5 Å². The Labute approximate surface area is 120 Å². The third-order valence-electron chi connectivity index (χ3n) is 2.69. The molecule has 0 aliphatic heterocycles. The number of aliphatic hydroxyl groups is 1. The van der Waals surface area contributed by atoms with Crippen LogP contribution in [0.25, 0.3) is 0 Å². The first-order chi connectivity index (χ1) is 9.51. The van der Waals surface area contributed by atoms with Gasteiger partial charge in [-0.1, -0.05) is 12.1 Å². The molecule has 0 aliphatic rings. The minimum atomic E-state index is -3.57. The Balaban J connectivity index is 1.96. The van der Waals surface area contributed by atoms with Crippen LogP contribution in [-0.2, 0) is 23.1 Å². The van der Waals surface area contributed by atoms with E-state index in [0.717, 1.165) is 5.56 Å². The fourth-order valence-corrected chi connectivity index (χ4v) is 3.86. The third-order valence-corrected chi connectivity index (χ3v) is 5.20. The molecule has 4 nitrogen and oxygen atoms in total. The molecule has 20 heavy (non-hydrogen) atoms. The molecule has 2 rings (SSSR count). The number of hydrogen-bond acceptors (Lipinski definition) is 4. The molecule has 0 radical (unpaired) electrons. The second-order valence-corrected chi connectivity index (χ2v) is 6.95. The maximum atomic E-state index is 13.0.